The molecule has 16 heavy (non-hydrogen) atoms. The Hall–Kier alpha value is -1.39. The first-order valence-electron chi connectivity index (χ1n) is 5.27. The molecular weight excluding hydrogens is 208 g/mol. The third-order valence-corrected chi connectivity index (χ3v) is 2.97. The van der Waals surface area contributed by atoms with Crippen LogP contribution in [0.2, 0.25) is 0 Å². The SMILES string of the molecule is CC(O)c1ccc2c(c1O)C(=O)CCC2O. The van der Waals surface area contributed by atoms with Crippen LogP contribution < -0.4 is 0 Å². The van der Waals surface area contributed by atoms with Gasteiger partial charge >= 0.3 is 0 Å². The Balaban J connectivity index is 2.63. The number of aliphatic hydroxyl groups is 2. The lowest BCUT2D eigenvalue weighted by Gasteiger charge is -2.23. The third kappa shape index (κ3) is 1.60. The predicted molar refractivity (Wildman–Crippen MR) is 57.3 cm³/mol. The van der Waals surface area contributed by atoms with Crippen LogP contribution in [0.4, 0.5) is 0 Å². The van der Waals surface area contributed by atoms with Gasteiger partial charge in [0.2, 0.25) is 0 Å². The maximum absolute atomic E-state index is 11.7. The number of phenols is 1. The average Bonchev–Trinajstić information content (AvgIpc) is 2.23. The summed E-state index contributed by atoms with van der Waals surface area (Å²) in [6.07, 6.45) is -0.927. The van der Waals surface area contributed by atoms with Crippen LogP contribution >= 0.6 is 0 Å². The first-order valence-corrected chi connectivity index (χ1v) is 5.27. The Kier molecular flexibility index (Phi) is 2.69. The van der Waals surface area contributed by atoms with Gasteiger partial charge in [0.1, 0.15) is 5.75 Å². The van der Waals surface area contributed by atoms with E-state index in [4.69, 9.17) is 0 Å². The second-order valence-electron chi connectivity index (χ2n) is 4.12. The number of carbonyl (C=O) groups is 1. The average molecular weight is 222 g/mol. The van der Waals surface area contributed by atoms with Gasteiger partial charge in [-0.05, 0) is 18.9 Å². The molecule has 1 aromatic carbocycles. The second-order valence-corrected chi connectivity index (χ2v) is 4.12. The molecule has 0 aromatic heterocycles. The molecule has 86 valence electrons. The Bertz CT molecular complexity index is 437. The number of aliphatic hydroxyl groups excluding tert-OH is 2. The summed E-state index contributed by atoms with van der Waals surface area (Å²) in [5.41, 5.74) is 0.941. The van der Waals surface area contributed by atoms with E-state index in [2.05, 4.69) is 0 Å². The Labute approximate surface area is 93.2 Å². The number of Topliss-reactive ketones (excluding diaryl/α,β-unsaturated/α-hetero) is 1. The fraction of sp³-hybridized carbons (Fsp3) is 0.417. The lowest BCUT2D eigenvalue weighted by molar-refractivity contribution is 0.0891. The molecule has 1 aliphatic carbocycles. The van der Waals surface area contributed by atoms with Crippen molar-refractivity contribution < 1.29 is 20.1 Å². The molecule has 0 radical (unpaired) electrons. The molecule has 4 heteroatoms. The molecule has 0 spiro atoms. The molecule has 2 rings (SSSR count). The minimum absolute atomic E-state index is 0.164. The van der Waals surface area contributed by atoms with Gasteiger partial charge in [-0.2, -0.15) is 0 Å². The highest BCUT2D eigenvalue weighted by Gasteiger charge is 2.28. The fourth-order valence-electron chi connectivity index (χ4n) is 2.08. The van der Waals surface area contributed by atoms with Crippen LogP contribution in [0.15, 0.2) is 12.1 Å². The number of carbonyl (C=O) groups excluding carboxylic acids is 1. The zero-order valence-corrected chi connectivity index (χ0v) is 8.97. The van der Waals surface area contributed by atoms with Crippen molar-refractivity contribution in [2.75, 3.05) is 0 Å². The van der Waals surface area contributed by atoms with Gasteiger partial charge in [-0.25, -0.2) is 0 Å². The quantitative estimate of drug-likeness (QED) is 0.672. The molecule has 0 saturated carbocycles. The first kappa shape index (κ1) is 11.1. The fourth-order valence-corrected chi connectivity index (χ4v) is 2.08. The highest BCUT2D eigenvalue weighted by molar-refractivity contribution is 6.01. The third-order valence-electron chi connectivity index (χ3n) is 2.97. The van der Waals surface area contributed by atoms with Crippen LogP contribution in [0, 0.1) is 0 Å². The Morgan fingerprint density at radius 2 is 2.12 bits per heavy atom. The van der Waals surface area contributed by atoms with Crippen LogP contribution in [-0.4, -0.2) is 21.1 Å². The van der Waals surface area contributed by atoms with Gasteiger partial charge in [-0.1, -0.05) is 12.1 Å². The monoisotopic (exact) mass is 222 g/mol. The summed E-state index contributed by atoms with van der Waals surface area (Å²) in [6, 6.07) is 3.14. The molecule has 4 nitrogen and oxygen atoms in total. The first-order chi connectivity index (χ1) is 7.52. The molecule has 0 heterocycles. The van der Waals surface area contributed by atoms with E-state index >= 15 is 0 Å². The molecular formula is C12H14O4. The highest BCUT2D eigenvalue weighted by Crippen LogP contribution is 2.38. The number of fused-ring (bicyclic) bond motifs is 1. The lowest BCUT2D eigenvalue weighted by atomic mass is 9.86. The van der Waals surface area contributed by atoms with Gasteiger partial charge in [-0.15, -0.1) is 0 Å². The van der Waals surface area contributed by atoms with Crippen LogP contribution in [0.3, 0.4) is 0 Å². The summed E-state index contributed by atoms with van der Waals surface area (Å²) >= 11 is 0. The van der Waals surface area contributed by atoms with Crippen LogP contribution in [0.1, 0.15) is 53.5 Å². The topological polar surface area (TPSA) is 77.8 Å². The summed E-state index contributed by atoms with van der Waals surface area (Å²) in [4.78, 5) is 11.7. The van der Waals surface area contributed by atoms with Crippen LogP contribution in [0.5, 0.6) is 5.75 Å². The van der Waals surface area contributed by atoms with E-state index in [1.807, 2.05) is 0 Å². The summed E-state index contributed by atoms with van der Waals surface area (Å²) < 4.78 is 0. The maximum atomic E-state index is 11.7. The summed E-state index contributed by atoms with van der Waals surface area (Å²) in [6.45, 7) is 1.52. The molecule has 0 fully saturated rings. The summed E-state index contributed by atoms with van der Waals surface area (Å²) in [5, 5.41) is 29.0. The largest absolute Gasteiger partial charge is 0.507 e. The van der Waals surface area contributed by atoms with E-state index in [0.29, 0.717) is 17.5 Å². The molecule has 0 saturated heterocycles. The van der Waals surface area contributed by atoms with E-state index in [-0.39, 0.29) is 23.5 Å². The normalized spacial score (nSPS) is 21.7. The van der Waals surface area contributed by atoms with Crippen molar-refractivity contribution in [3.05, 3.63) is 28.8 Å². The van der Waals surface area contributed by atoms with Crippen molar-refractivity contribution in [2.24, 2.45) is 0 Å². The molecule has 2 atom stereocenters. The summed E-state index contributed by atoms with van der Waals surface area (Å²) in [5.74, 6) is -0.378. The number of rotatable bonds is 1. The standard InChI is InChI=1S/C12H14O4/c1-6(13)7-2-3-8-9(14)4-5-10(15)11(8)12(7)16/h2-3,6,9,13-14,16H,4-5H2,1H3. The number of phenolic OH excluding ortho intramolecular Hbond substituents is 1. The van der Waals surface area contributed by atoms with E-state index in [0.717, 1.165) is 0 Å². The van der Waals surface area contributed by atoms with Crippen molar-refractivity contribution in [1.29, 1.82) is 0 Å². The second kappa shape index (κ2) is 3.88. The molecule has 2 unspecified atom stereocenters. The van der Waals surface area contributed by atoms with Gasteiger partial charge in [0.25, 0.3) is 0 Å². The van der Waals surface area contributed by atoms with Gasteiger partial charge in [0.05, 0.1) is 17.8 Å². The smallest absolute Gasteiger partial charge is 0.167 e. The maximum Gasteiger partial charge on any atom is 0.167 e. The minimum atomic E-state index is -0.836. The predicted octanol–water partition coefficient (Wildman–Crippen LogP) is 1.46. The molecule has 0 amide bonds. The zero-order valence-electron chi connectivity index (χ0n) is 8.97. The van der Waals surface area contributed by atoms with Crippen molar-refractivity contribution in [3.8, 4) is 5.75 Å². The van der Waals surface area contributed by atoms with E-state index in [9.17, 15) is 20.1 Å². The molecule has 0 bridgehead atoms. The Morgan fingerprint density at radius 1 is 1.44 bits per heavy atom. The van der Waals surface area contributed by atoms with E-state index in [1.54, 1.807) is 12.1 Å². The van der Waals surface area contributed by atoms with Gasteiger partial charge in [0.15, 0.2) is 5.78 Å². The Morgan fingerprint density at radius 3 is 2.75 bits per heavy atom. The number of aromatic hydroxyl groups is 1. The van der Waals surface area contributed by atoms with Gasteiger partial charge < -0.3 is 15.3 Å². The molecule has 1 aromatic rings. The molecule has 1 aliphatic rings. The molecule has 3 N–H and O–H groups in total. The van der Waals surface area contributed by atoms with Crippen molar-refractivity contribution in [1.82, 2.24) is 0 Å². The highest BCUT2D eigenvalue weighted by atomic mass is 16.3. The van der Waals surface area contributed by atoms with E-state index in [1.165, 1.54) is 6.92 Å². The van der Waals surface area contributed by atoms with Crippen LogP contribution in [-0.2, 0) is 0 Å². The van der Waals surface area contributed by atoms with E-state index < -0.39 is 12.2 Å². The summed E-state index contributed by atoms with van der Waals surface area (Å²) in [7, 11) is 0. The zero-order chi connectivity index (χ0) is 11.9. The number of hydrogen-bond donors (Lipinski definition) is 3. The number of benzene rings is 1. The minimum Gasteiger partial charge on any atom is -0.507 e. The van der Waals surface area contributed by atoms with Crippen molar-refractivity contribution >= 4 is 5.78 Å². The molecule has 0 aliphatic heterocycles. The lowest BCUT2D eigenvalue weighted by Crippen LogP contribution is -2.16. The van der Waals surface area contributed by atoms with Crippen LogP contribution in [0.25, 0.3) is 0 Å². The van der Waals surface area contributed by atoms with Gasteiger partial charge in [0, 0.05) is 12.0 Å². The number of ketones is 1. The van der Waals surface area contributed by atoms with Crippen molar-refractivity contribution in [3.63, 3.8) is 0 Å². The number of hydrogen-bond acceptors (Lipinski definition) is 4. The van der Waals surface area contributed by atoms with Gasteiger partial charge in [-0.3, -0.25) is 4.79 Å². The van der Waals surface area contributed by atoms with Crippen molar-refractivity contribution in [2.45, 2.75) is 32.0 Å².